The number of nitrogens with zero attached hydrogens (tertiary/aromatic N) is 1. The van der Waals surface area contributed by atoms with Gasteiger partial charge in [0, 0.05) is 15.4 Å². The van der Waals surface area contributed by atoms with E-state index in [-0.39, 0.29) is 5.91 Å². The third-order valence-electron chi connectivity index (χ3n) is 3.07. The number of aromatic nitrogens is 2. The van der Waals surface area contributed by atoms with Crippen LogP contribution in [0.25, 0.3) is 10.9 Å². The third-order valence-corrected chi connectivity index (χ3v) is 3.77. The normalized spacial score (nSPS) is 10.7. The van der Waals surface area contributed by atoms with Gasteiger partial charge in [0.2, 0.25) is 0 Å². The Bertz CT molecular complexity index is 795. The lowest BCUT2D eigenvalue weighted by atomic mass is 10.1. The Morgan fingerprint density at radius 3 is 2.95 bits per heavy atom. The molecule has 0 aliphatic heterocycles. The summed E-state index contributed by atoms with van der Waals surface area (Å²) < 4.78 is 0.860. The van der Waals surface area contributed by atoms with Gasteiger partial charge in [-0.3, -0.25) is 9.89 Å². The standard InChI is InChI=1S/C15H12BrN3O/c1-9-2-5-12(16)14(6-9)18-15(20)10-3-4-11-8-17-19-13(11)7-10/h2-8H,1H3,(H,17,19)(H,18,20). The van der Waals surface area contributed by atoms with Crippen LogP contribution in [0.2, 0.25) is 0 Å². The number of aryl methyl sites for hydroxylation is 1. The summed E-state index contributed by atoms with van der Waals surface area (Å²) in [6.45, 7) is 1.98. The predicted octanol–water partition coefficient (Wildman–Crippen LogP) is 3.89. The molecule has 0 saturated heterocycles. The molecule has 20 heavy (non-hydrogen) atoms. The van der Waals surface area contributed by atoms with E-state index in [0.29, 0.717) is 5.56 Å². The van der Waals surface area contributed by atoms with Gasteiger partial charge in [-0.25, -0.2) is 0 Å². The molecule has 5 heteroatoms. The number of fused-ring (bicyclic) bond motifs is 1. The van der Waals surface area contributed by atoms with Crippen molar-refractivity contribution < 1.29 is 4.79 Å². The topological polar surface area (TPSA) is 57.8 Å². The van der Waals surface area contributed by atoms with Gasteiger partial charge in [-0.1, -0.05) is 12.1 Å². The summed E-state index contributed by atoms with van der Waals surface area (Å²) in [4.78, 5) is 12.3. The molecular formula is C15H12BrN3O. The number of amides is 1. The van der Waals surface area contributed by atoms with Gasteiger partial charge < -0.3 is 5.32 Å². The van der Waals surface area contributed by atoms with Gasteiger partial charge in [0.15, 0.2) is 0 Å². The molecule has 1 amide bonds. The summed E-state index contributed by atoms with van der Waals surface area (Å²) in [6, 6.07) is 11.3. The van der Waals surface area contributed by atoms with Crippen molar-refractivity contribution in [2.24, 2.45) is 0 Å². The summed E-state index contributed by atoms with van der Waals surface area (Å²) in [6.07, 6.45) is 1.73. The molecule has 0 radical (unpaired) electrons. The molecule has 0 fully saturated rings. The molecule has 0 aliphatic rings. The Balaban J connectivity index is 1.90. The molecule has 0 spiro atoms. The second kappa shape index (κ2) is 5.09. The predicted molar refractivity (Wildman–Crippen MR) is 82.9 cm³/mol. The summed E-state index contributed by atoms with van der Waals surface area (Å²) in [7, 11) is 0. The number of benzene rings is 2. The van der Waals surface area contributed by atoms with Crippen LogP contribution in [-0.2, 0) is 0 Å². The van der Waals surface area contributed by atoms with Crippen LogP contribution >= 0.6 is 15.9 Å². The highest BCUT2D eigenvalue weighted by Crippen LogP contribution is 2.24. The number of rotatable bonds is 2. The highest BCUT2D eigenvalue weighted by molar-refractivity contribution is 9.10. The van der Waals surface area contributed by atoms with Gasteiger partial charge >= 0.3 is 0 Å². The van der Waals surface area contributed by atoms with Crippen molar-refractivity contribution in [3.63, 3.8) is 0 Å². The number of hydrogen-bond donors (Lipinski definition) is 2. The first kappa shape index (κ1) is 12.9. The van der Waals surface area contributed by atoms with Crippen molar-refractivity contribution in [1.29, 1.82) is 0 Å². The average molecular weight is 330 g/mol. The number of aromatic amines is 1. The zero-order chi connectivity index (χ0) is 14.1. The SMILES string of the molecule is Cc1ccc(Br)c(NC(=O)c2ccc3cn[nH]c3c2)c1. The van der Waals surface area contributed by atoms with E-state index < -0.39 is 0 Å². The molecule has 3 rings (SSSR count). The number of halogens is 1. The van der Waals surface area contributed by atoms with Gasteiger partial charge in [-0.05, 0) is 52.7 Å². The van der Waals surface area contributed by atoms with E-state index in [2.05, 4.69) is 31.4 Å². The maximum atomic E-state index is 12.3. The smallest absolute Gasteiger partial charge is 0.255 e. The van der Waals surface area contributed by atoms with Crippen LogP contribution in [0, 0.1) is 6.92 Å². The molecule has 0 aliphatic carbocycles. The van der Waals surface area contributed by atoms with Gasteiger partial charge in [0.05, 0.1) is 17.4 Å². The van der Waals surface area contributed by atoms with Crippen molar-refractivity contribution in [2.75, 3.05) is 5.32 Å². The Morgan fingerprint density at radius 1 is 1.25 bits per heavy atom. The molecule has 1 heterocycles. The van der Waals surface area contributed by atoms with E-state index in [9.17, 15) is 4.79 Å². The zero-order valence-electron chi connectivity index (χ0n) is 10.8. The Labute approximate surface area is 124 Å². The lowest BCUT2D eigenvalue weighted by Gasteiger charge is -2.08. The van der Waals surface area contributed by atoms with E-state index in [1.54, 1.807) is 18.3 Å². The minimum atomic E-state index is -0.146. The molecule has 2 aromatic carbocycles. The fourth-order valence-corrected chi connectivity index (χ4v) is 2.35. The molecule has 0 saturated carbocycles. The van der Waals surface area contributed by atoms with E-state index in [1.807, 2.05) is 31.2 Å². The van der Waals surface area contributed by atoms with Crippen LogP contribution in [0.5, 0.6) is 0 Å². The minimum absolute atomic E-state index is 0.146. The lowest BCUT2D eigenvalue weighted by molar-refractivity contribution is 0.102. The van der Waals surface area contributed by atoms with Crippen LogP contribution in [0.4, 0.5) is 5.69 Å². The molecule has 100 valence electrons. The molecule has 4 nitrogen and oxygen atoms in total. The number of H-pyrrole nitrogens is 1. The fraction of sp³-hybridized carbons (Fsp3) is 0.0667. The molecule has 0 bridgehead atoms. The second-order valence-electron chi connectivity index (χ2n) is 4.61. The van der Waals surface area contributed by atoms with Gasteiger partial charge in [0.25, 0.3) is 5.91 Å². The second-order valence-corrected chi connectivity index (χ2v) is 5.46. The van der Waals surface area contributed by atoms with Crippen molar-refractivity contribution in [1.82, 2.24) is 10.2 Å². The summed E-state index contributed by atoms with van der Waals surface area (Å²) in [5.74, 6) is -0.146. The quantitative estimate of drug-likeness (QED) is 0.749. The molecule has 1 aromatic heterocycles. The number of nitrogens with one attached hydrogen (secondary N) is 2. The first-order valence-corrected chi connectivity index (χ1v) is 6.93. The van der Waals surface area contributed by atoms with Crippen LogP contribution < -0.4 is 5.32 Å². The Kier molecular flexibility index (Phi) is 3.28. The fourth-order valence-electron chi connectivity index (χ4n) is 2.01. The Hall–Kier alpha value is -2.14. The summed E-state index contributed by atoms with van der Waals surface area (Å²) >= 11 is 3.43. The number of carbonyl (C=O) groups is 1. The molecule has 3 aromatic rings. The molecule has 2 N–H and O–H groups in total. The molecule has 0 atom stereocenters. The third kappa shape index (κ3) is 2.44. The first-order valence-electron chi connectivity index (χ1n) is 6.14. The molecule has 0 unspecified atom stereocenters. The zero-order valence-corrected chi connectivity index (χ0v) is 12.4. The highest BCUT2D eigenvalue weighted by Gasteiger charge is 2.09. The average Bonchev–Trinajstić information content (AvgIpc) is 2.90. The highest BCUT2D eigenvalue weighted by atomic mass is 79.9. The first-order chi connectivity index (χ1) is 9.63. The van der Waals surface area contributed by atoms with E-state index in [0.717, 1.165) is 26.6 Å². The summed E-state index contributed by atoms with van der Waals surface area (Å²) in [5.41, 5.74) is 3.29. The van der Waals surface area contributed by atoms with Crippen LogP contribution in [0.15, 0.2) is 47.1 Å². The number of anilines is 1. The van der Waals surface area contributed by atoms with Gasteiger partial charge in [0.1, 0.15) is 0 Å². The maximum Gasteiger partial charge on any atom is 0.255 e. The minimum Gasteiger partial charge on any atom is -0.321 e. The lowest BCUT2D eigenvalue weighted by Crippen LogP contribution is -2.12. The van der Waals surface area contributed by atoms with Gasteiger partial charge in [-0.15, -0.1) is 0 Å². The van der Waals surface area contributed by atoms with E-state index in [4.69, 9.17) is 0 Å². The monoisotopic (exact) mass is 329 g/mol. The van der Waals surface area contributed by atoms with E-state index >= 15 is 0 Å². The van der Waals surface area contributed by atoms with Crippen molar-refractivity contribution >= 4 is 38.4 Å². The summed E-state index contributed by atoms with van der Waals surface area (Å²) in [5, 5.41) is 10.7. The Morgan fingerprint density at radius 2 is 2.10 bits per heavy atom. The number of hydrogen-bond acceptors (Lipinski definition) is 2. The van der Waals surface area contributed by atoms with E-state index in [1.165, 1.54) is 0 Å². The number of carbonyl (C=O) groups excluding carboxylic acids is 1. The van der Waals surface area contributed by atoms with Crippen molar-refractivity contribution in [3.8, 4) is 0 Å². The van der Waals surface area contributed by atoms with Crippen molar-refractivity contribution in [2.45, 2.75) is 6.92 Å². The van der Waals surface area contributed by atoms with Crippen molar-refractivity contribution in [3.05, 3.63) is 58.2 Å². The van der Waals surface area contributed by atoms with Crippen LogP contribution in [-0.4, -0.2) is 16.1 Å². The largest absolute Gasteiger partial charge is 0.321 e. The van der Waals surface area contributed by atoms with Gasteiger partial charge in [-0.2, -0.15) is 5.10 Å². The van der Waals surface area contributed by atoms with Crippen LogP contribution in [0.3, 0.4) is 0 Å². The molecular weight excluding hydrogens is 318 g/mol. The maximum absolute atomic E-state index is 12.3. The van der Waals surface area contributed by atoms with Crippen LogP contribution in [0.1, 0.15) is 15.9 Å².